The summed E-state index contributed by atoms with van der Waals surface area (Å²) < 4.78 is 0. The zero-order chi connectivity index (χ0) is 11.7. The van der Waals surface area contributed by atoms with E-state index in [0.717, 1.165) is 16.7 Å². The molecule has 0 atom stereocenters. The van der Waals surface area contributed by atoms with E-state index in [0.29, 0.717) is 12.8 Å². The first kappa shape index (κ1) is 10.9. The first-order chi connectivity index (χ1) is 7.58. The van der Waals surface area contributed by atoms with Gasteiger partial charge in [0, 0.05) is 18.8 Å². The van der Waals surface area contributed by atoms with Crippen molar-refractivity contribution in [1.29, 1.82) is 0 Å². The number of carbonyl (C=O) groups is 2. The smallest absolute Gasteiger partial charge is 0.227 e. The van der Waals surface area contributed by atoms with Crippen LogP contribution in [-0.4, -0.2) is 11.8 Å². The van der Waals surface area contributed by atoms with E-state index in [4.69, 9.17) is 0 Å². The minimum absolute atomic E-state index is 0.0439. The highest BCUT2D eigenvalue weighted by atomic mass is 16.2. The standard InChI is InChI=1S/C13H15NO2/c1-8-4-3-5-9(2)13(8)10-6-11(15)14-12(16)7-10/h3-5,10H,6-7H2,1-2H3,(H,14,15,16). The van der Waals surface area contributed by atoms with Gasteiger partial charge in [-0.05, 0) is 30.5 Å². The summed E-state index contributed by atoms with van der Waals surface area (Å²) in [6.07, 6.45) is 0.828. The Bertz CT molecular complexity index is 415. The molecule has 1 aromatic carbocycles. The van der Waals surface area contributed by atoms with Gasteiger partial charge in [-0.2, -0.15) is 0 Å². The highest BCUT2D eigenvalue weighted by Crippen LogP contribution is 2.31. The van der Waals surface area contributed by atoms with Gasteiger partial charge in [-0.15, -0.1) is 0 Å². The Kier molecular flexibility index (Phi) is 2.77. The lowest BCUT2D eigenvalue weighted by molar-refractivity contribution is -0.133. The second kappa shape index (κ2) is 4.08. The summed E-state index contributed by atoms with van der Waals surface area (Å²) in [6, 6.07) is 6.05. The molecule has 2 rings (SSSR count). The zero-order valence-corrected chi connectivity index (χ0v) is 9.54. The van der Waals surface area contributed by atoms with Gasteiger partial charge in [0.2, 0.25) is 11.8 Å². The molecule has 0 aromatic heterocycles. The van der Waals surface area contributed by atoms with Crippen LogP contribution in [0.5, 0.6) is 0 Å². The Morgan fingerprint density at radius 2 is 1.56 bits per heavy atom. The summed E-state index contributed by atoms with van der Waals surface area (Å²) in [7, 11) is 0. The SMILES string of the molecule is Cc1cccc(C)c1C1CC(=O)NC(=O)C1. The van der Waals surface area contributed by atoms with Gasteiger partial charge in [-0.1, -0.05) is 18.2 Å². The van der Waals surface area contributed by atoms with E-state index in [1.807, 2.05) is 32.0 Å². The summed E-state index contributed by atoms with van der Waals surface area (Å²) in [5, 5.41) is 2.34. The Morgan fingerprint density at radius 3 is 2.06 bits per heavy atom. The molecular formula is C13H15NO2. The van der Waals surface area contributed by atoms with Crippen molar-refractivity contribution in [2.75, 3.05) is 0 Å². The highest BCUT2D eigenvalue weighted by molar-refractivity contribution is 5.98. The van der Waals surface area contributed by atoms with Crippen molar-refractivity contribution < 1.29 is 9.59 Å². The van der Waals surface area contributed by atoms with Crippen LogP contribution >= 0.6 is 0 Å². The largest absolute Gasteiger partial charge is 0.296 e. The van der Waals surface area contributed by atoms with Crippen molar-refractivity contribution in [3.05, 3.63) is 34.9 Å². The molecule has 0 unspecified atom stereocenters. The van der Waals surface area contributed by atoms with Gasteiger partial charge in [0.25, 0.3) is 0 Å². The van der Waals surface area contributed by atoms with Gasteiger partial charge in [0.05, 0.1) is 0 Å². The first-order valence-corrected chi connectivity index (χ1v) is 5.46. The number of nitrogens with one attached hydrogen (secondary N) is 1. The summed E-state index contributed by atoms with van der Waals surface area (Å²) >= 11 is 0. The van der Waals surface area contributed by atoms with Crippen LogP contribution in [0.15, 0.2) is 18.2 Å². The Balaban J connectivity index is 2.36. The second-order valence-corrected chi connectivity index (χ2v) is 4.38. The van der Waals surface area contributed by atoms with E-state index >= 15 is 0 Å². The lowest BCUT2D eigenvalue weighted by Crippen LogP contribution is -2.38. The summed E-state index contributed by atoms with van der Waals surface area (Å²) in [6.45, 7) is 4.05. The molecule has 0 aliphatic carbocycles. The minimum atomic E-state index is -0.163. The number of piperidine rings is 1. The molecule has 84 valence electrons. The molecule has 16 heavy (non-hydrogen) atoms. The average Bonchev–Trinajstić information content (AvgIpc) is 2.15. The summed E-state index contributed by atoms with van der Waals surface area (Å²) in [5.41, 5.74) is 3.48. The fourth-order valence-electron chi connectivity index (χ4n) is 2.45. The molecule has 3 heteroatoms. The maximum absolute atomic E-state index is 11.3. The van der Waals surface area contributed by atoms with Gasteiger partial charge >= 0.3 is 0 Å². The normalized spacial score (nSPS) is 17.4. The maximum Gasteiger partial charge on any atom is 0.227 e. The number of benzene rings is 1. The van der Waals surface area contributed by atoms with Gasteiger partial charge in [0.15, 0.2) is 0 Å². The van der Waals surface area contributed by atoms with Crippen molar-refractivity contribution >= 4 is 11.8 Å². The van der Waals surface area contributed by atoms with Crippen molar-refractivity contribution in [2.24, 2.45) is 0 Å². The Labute approximate surface area is 94.9 Å². The number of rotatable bonds is 1. The molecule has 2 amide bonds. The fraction of sp³-hybridized carbons (Fsp3) is 0.385. The average molecular weight is 217 g/mol. The van der Waals surface area contributed by atoms with E-state index in [1.54, 1.807) is 0 Å². The maximum atomic E-state index is 11.3. The van der Waals surface area contributed by atoms with E-state index < -0.39 is 0 Å². The quantitative estimate of drug-likeness (QED) is 0.729. The van der Waals surface area contributed by atoms with E-state index in [1.165, 1.54) is 0 Å². The molecule has 1 fully saturated rings. The molecule has 0 radical (unpaired) electrons. The molecule has 1 aliphatic rings. The molecular weight excluding hydrogens is 202 g/mol. The fourth-order valence-corrected chi connectivity index (χ4v) is 2.45. The lowest BCUT2D eigenvalue weighted by Gasteiger charge is -2.24. The number of imide groups is 1. The monoisotopic (exact) mass is 217 g/mol. The number of amides is 2. The van der Waals surface area contributed by atoms with E-state index in [2.05, 4.69) is 5.32 Å². The second-order valence-electron chi connectivity index (χ2n) is 4.38. The van der Waals surface area contributed by atoms with E-state index in [-0.39, 0.29) is 17.7 Å². The third kappa shape index (κ3) is 1.98. The first-order valence-electron chi connectivity index (χ1n) is 5.46. The van der Waals surface area contributed by atoms with Gasteiger partial charge in [-0.25, -0.2) is 0 Å². The van der Waals surface area contributed by atoms with Crippen LogP contribution in [0.3, 0.4) is 0 Å². The van der Waals surface area contributed by atoms with Crippen molar-refractivity contribution in [2.45, 2.75) is 32.6 Å². The van der Waals surface area contributed by atoms with Crippen molar-refractivity contribution in [1.82, 2.24) is 5.32 Å². The van der Waals surface area contributed by atoms with Crippen molar-refractivity contribution in [3.63, 3.8) is 0 Å². The highest BCUT2D eigenvalue weighted by Gasteiger charge is 2.27. The zero-order valence-electron chi connectivity index (χ0n) is 9.54. The molecule has 1 aliphatic heterocycles. The molecule has 1 heterocycles. The summed E-state index contributed by atoms with van der Waals surface area (Å²) in [5.74, 6) is -0.282. The predicted octanol–water partition coefficient (Wildman–Crippen LogP) is 1.82. The van der Waals surface area contributed by atoms with Gasteiger partial charge < -0.3 is 0 Å². The van der Waals surface area contributed by atoms with Crippen LogP contribution in [0.4, 0.5) is 0 Å². The predicted molar refractivity (Wildman–Crippen MR) is 61.0 cm³/mol. The number of aryl methyl sites for hydroxylation is 2. The molecule has 1 saturated heterocycles. The van der Waals surface area contributed by atoms with Crippen LogP contribution in [0, 0.1) is 13.8 Å². The van der Waals surface area contributed by atoms with Crippen LogP contribution < -0.4 is 5.32 Å². The lowest BCUT2D eigenvalue weighted by atomic mass is 9.84. The molecule has 1 aromatic rings. The molecule has 0 saturated carbocycles. The Morgan fingerprint density at radius 1 is 1.06 bits per heavy atom. The van der Waals surface area contributed by atoms with Crippen molar-refractivity contribution in [3.8, 4) is 0 Å². The molecule has 0 bridgehead atoms. The van der Waals surface area contributed by atoms with Crippen LogP contribution in [0.25, 0.3) is 0 Å². The van der Waals surface area contributed by atoms with Gasteiger partial charge in [0.1, 0.15) is 0 Å². The number of carbonyl (C=O) groups excluding carboxylic acids is 2. The third-order valence-electron chi connectivity index (χ3n) is 3.09. The molecule has 0 spiro atoms. The third-order valence-corrected chi connectivity index (χ3v) is 3.09. The van der Waals surface area contributed by atoms with Crippen LogP contribution in [-0.2, 0) is 9.59 Å². The van der Waals surface area contributed by atoms with Crippen LogP contribution in [0.1, 0.15) is 35.4 Å². The molecule has 3 nitrogen and oxygen atoms in total. The Hall–Kier alpha value is -1.64. The number of hydrogen-bond donors (Lipinski definition) is 1. The number of hydrogen-bond acceptors (Lipinski definition) is 2. The van der Waals surface area contributed by atoms with Crippen LogP contribution in [0.2, 0.25) is 0 Å². The summed E-state index contributed by atoms with van der Waals surface area (Å²) in [4.78, 5) is 22.7. The van der Waals surface area contributed by atoms with Gasteiger partial charge in [-0.3, -0.25) is 14.9 Å². The topological polar surface area (TPSA) is 46.2 Å². The molecule has 1 N–H and O–H groups in total. The minimum Gasteiger partial charge on any atom is -0.296 e. The van der Waals surface area contributed by atoms with E-state index in [9.17, 15) is 9.59 Å².